The molecule has 4 aliphatic heterocycles. The van der Waals surface area contributed by atoms with Crippen LogP contribution in [0.2, 0.25) is 0 Å². The van der Waals surface area contributed by atoms with Gasteiger partial charge in [-0.05, 0) is 137 Å². The van der Waals surface area contributed by atoms with E-state index in [-0.39, 0.29) is 158 Å². The van der Waals surface area contributed by atoms with Gasteiger partial charge in [0.05, 0.1) is 74.9 Å². The number of carbonyl (C=O) groups is 2. The Morgan fingerprint density at radius 2 is 0.872 bits per heavy atom. The summed E-state index contributed by atoms with van der Waals surface area (Å²) in [7, 11) is 0. The number of aliphatic imine (C=N–C) groups is 2. The third-order valence-electron chi connectivity index (χ3n) is 17.2. The first-order valence-electron chi connectivity index (χ1n) is 34.2. The Hall–Kier alpha value is -13.0. The summed E-state index contributed by atoms with van der Waals surface area (Å²) in [5.74, 6) is 1.57. The molecule has 552 valence electrons. The zero-order valence-electron chi connectivity index (χ0n) is 60.4. The van der Waals surface area contributed by atoms with Crippen molar-refractivity contribution in [3.05, 3.63) is 266 Å². The minimum atomic E-state index is -0.527. The van der Waals surface area contributed by atoms with Crippen molar-refractivity contribution in [1.82, 2.24) is 19.8 Å². The van der Waals surface area contributed by atoms with E-state index in [4.69, 9.17) is 47.9 Å². The number of morpholine rings is 2. The molecule has 6 heterocycles. The van der Waals surface area contributed by atoms with E-state index in [0.717, 1.165) is 22.3 Å². The van der Waals surface area contributed by atoms with Crippen molar-refractivity contribution in [2.24, 2.45) is 9.98 Å². The summed E-state index contributed by atoms with van der Waals surface area (Å²) < 4.78 is 48.7. The van der Waals surface area contributed by atoms with Crippen molar-refractivity contribution in [1.29, 1.82) is 10.5 Å². The summed E-state index contributed by atoms with van der Waals surface area (Å²) in [5.41, 5.74) is 4.75. The number of allylic oxidation sites excluding steroid dienone is 2. The summed E-state index contributed by atoms with van der Waals surface area (Å²) >= 11 is 0. The average molecular weight is 1530 g/mol. The van der Waals surface area contributed by atoms with E-state index in [1.165, 1.54) is 97.1 Å². The number of benzene rings is 6. The van der Waals surface area contributed by atoms with E-state index >= 15 is 0 Å². The standard InChI is InChI=1S/2C39H36N6O9.Zn/c2*1-23(2)30-19-25(22-40)20-31(24(3)4)36(30)54-37(33-13-14-35(41-33)52-28-9-5-26(6-10-28)44(47)48)34-21-32(39(46)43-15-17-51-18-16-43)38(42-34)53-29-11-7-27(8-12-29)45(49)50;/h2*5-14,19-21,23-24H,15-18H2,1-4H3,(H,41,42,46);/q;;+2/p-2. The SMILES string of the molecule is CC(C)c1cc(C#N)cc(C(C)C)c1O/C(=C1\C=C(C(=O)N2CCOCC2)C(Oc2ccc([N+](=O)[O-])cc2)=N1)c1ccc(Oc2ccc([N+](=O)[O-])cc2)[n-]1.CC(C)c1cc(C#N)cc(C(C)C)c1O/C(=C1\C=CC(Oc2ccc([N+](=O)[O-])cc2)=N1)c1cc(C(=O)N2CCOCC2)c(Oc2ccc([N+](=O)[O-])cc2)[n-]1.[Zn+2]. The van der Waals surface area contributed by atoms with Crippen LogP contribution in [-0.4, -0.2) is 106 Å². The molecule has 2 amide bonds. The maximum absolute atomic E-state index is 14.0. The fourth-order valence-corrected chi connectivity index (χ4v) is 11.5. The van der Waals surface area contributed by atoms with Gasteiger partial charge in [0.1, 0.15) is 63.0 Å². The van der Waals surface area contributed by atoms with Gasteiger partial charge in [0.15, 0.2) is 0 Å². The number of carbonyl (C=O) groups excluding carboxylic acids is 2. The Kier molecular flexibility index (Phi) is 25.2. The van der Waals surface area contributed by atoms with Crippen LogP contribution < -0.4 is 38.4 Å². The van der Waals surface area contributed by atoms with Crippen LogP contribution in [0, 0.1) is 63.1 Å². The molecule has 4 aliphatic rings. The predicted octanol–water partition coefficient (Wildman–Crippen LogP) is 15.0. The topological polar surface area (TPSA) is 388 Å². The summed E-state index contributed by atoms with van der Waals surface area (Å²) in [5, 5.41) is 64.6. The molecule has 6 aromatic carbocycles. The number of rotatable bonds is 22. The zero-order valence-corrected chi connectivity index (χ0v) is 63.4. The van der Waals surface area contributed by atoms with Crippen molar-refractivity contribution in [3.8, 4) is 58.4 Å². The van der Waals surface area contributed by atoms with Crippen LogP contribution >= 0.6 is 0 Å². The fourth-order valence-electron chi connectivity index (χ4n) is 11.5. The zero-order chi connectivity index (χ0) is 77.0. The molecule has 30 nitrogen and oxygen atoms in total. The predicted molar refractivity (Wildman–Crippen MR) is 393 cm³/mol. The number of nitro benzene ring substituents is 4. The van der Waals surface area contributed by atoms with Crippen LogP contribution in [0.15, 0.2) is 185 Å². The smallest absolute Gasteiger partial charge is 0.624 e. The van der Waals surface area contributed by atoms with Crippen LogP contribution in [-0.2, 0) is 33.7 Å². The van der Waals surface area contributed by atoms with Gasteiger partial charge in [-0.1, -0.05) is 78.9 Å². The maximum atomic E-state index is 14.0. The first-order valence-corrected chi connectivity index (χ1v) is 34.2. The molecule has 0 saturated carbocycles. The summed E-state index contributed by atoms with van der Waals surface area (Å²) in [6, 6.07) is 38.3. The van der Waals surface area contributed by atoms with Crippen molar-refractivity contribution < 1.29 is 86.7 Å². The molecule has 2 fully saturated rings. The molecule has 0 atom stereocenters. The normalized spacial score (nSPS) is 14.8. The molecule has 0 aliphatic carbocycles. The van der Waals surface area contributed by atoms with E-state index in [9.17, 15) is 60.6 Å². The van der Waals surface area contributed by atoms with Crippen molar-refractivity contribution >= 4 is 57.9 Å². The Labute approximate surface area is 637 Å². The van der Waals surface area contributed by atoms with Gasteiger partial charge in [0, 0.05) is 92.5 Å². The minimum Gasteiger partial charge on any atom is -0.624 e. The van der Waals surface area contributed by atoms with Crippen LogP contribution in [0.5, 0.6) is 46.3 Å². The van der Waals surface area contributed by atoms with Crippen LogP contribution in [0.3, 0.4) is 0 Å². The largest absolute Gasteiger partial charge is 2.00 e. The number of ether oxygens (including phenoxy) is 8. The number of hydrogen-bond donors (Lipinski definition) is 0. The average Bonchev–Trinajstić information content (AvgIpc) is 0.843. The molecule has 109 heavy (non-hydrogen) atoms. The quantitative estimate of drug-likeness (QED) is 0.0263. The van der Waals surface area contributed by atoms with Gasteiger partial charge in [-0.25, -0.2) is 9.98 Å². The second kappa shape index (κ2) is 35.0. The van der Waals surface area contributed by atoms with Gasteiger partial charge in [-0.3, -0.25) is 50.0 Å². The first kappa shape index (κ1) is 78.6. The number of nitro groups is 4. The van der Waals surface area contributed by atoms with E-state index in [1.807, 2.05) is 55.4 Å². The summed E-state index contributed by atoms with van der Waals surface area (Å²) in [6.45, 7) is 18.7. The van der Waals surface area contributed by atoms with Crippen LogP contribution in [0.1, 0.15) is 134 Å². The summed E-state index contributed by atoms with van der Waals surface area (Å²) in [6.07, 6.45) is 4.80. The molecule has 31 heteroatoms. The van der Waals surface area contributed by atoms with E-state index < -0.39 is 19.7 Å². The molecular formula is C78H70N12O18Zn. The Morgan fingerprint density at radius 3 is 1.28 bits per heavy atom. The van der Waals surface area contributed by atoms with Gasteiger partial charge >= 0.3 is 19.5 Å². The van der Waals surface area contributed by atoms with Crippen LogP contribution in [0.25, 0.3) is 11.5 Å². The second-order valence-electron chi connectivity index (χ2n) is 26.0. The molecule has 2 saturated heterocycles. The van der Waals surface area contributed by atoms with Crippen molar-refractivity contribution in [2.75, 3.05) is 52.6 Å². The summed E-state index contributed by atoms with van der Waals surface area (Å²) in [4.78, 5) is 93.0. The van der Waals surface area contributed by atoms with Crippen LogP contribution in [0.4, 0.5) is 22.7 Å². The van der Waals surface area contributed by atoms with E-state index in [2.05, 4.69) is 22.1 Å². The van der Waals surface area contributed by atoms with Gasteiger partial charge in [-0.15, -0.1) is 0 Å². The Morgan fingerprint density at radius 1 is 0.477 bits per heavy atom. The molecule has 0 radical (unpaired) electrons. The molecule has 2 aromatic heterocycles. The number of non-ortho nitro benzene ring substituents is 4. The fraction of sp³-hybridized carbons (Fsp3) is 0.256. The number of amides is 2. The molecule has 12 rings (SSSR count). The number of hydrogen-bond acceptors (Lipinski definition) is 22. The maximum Gasteiger partial charge on any atom is 2.00 e. The Balaban J connectivity index is 0.000000230. The third kappa shape index (κ3) is 18.8. The monoisotopic (exact) mass is 1530 g/mol. The molecule has 8 aromatic rings. The second-order valence-corrected chi connectivity index (χ2v) is 26.0. The Bertz CT molecular complexity index is 5030. The van der Waals surface area contributed by atoms with Crippen molar-refractivity contribution in [3.63, 3.8) is 0 Å². The minimum absolute atomic E-state index is 0. The van der Waals surface area contributed by atoms with Gasteiger partial charge in [0.2, 0.25) is 11.8 Å². The number of nitriles is 2. The van der Waals surface area contributed by atoms with E-state index in [1.54, 1.807) is 70.5 Å². The third-order valence-corrected chi connectivity index (χ3v) is 17.2. The molecule has 0 spiro atoms. The van der Waals surface area contributed by atoms with Crippen molar-refractivity contribution in [2.45, 2.75) is 79.1 Å². The van der Waals surface area contributed by atoms with Gasteiger partial charge in [0.25, 0.3) is 34.6 Å². The molecule has 0 unspecified atom stereocenters. The first-order chi connectivity index (χ1) is 51.8. The molecule has 0 N–H and O–H groups in total. The molecular weight excluding hydrogens is 1460 g/mol. The number of nitrogens with zero attached hydrogens (tertiary/aromatic N) is 12. The molecule has 0 bridgehead atoms. The van der Waals surface area contributed by atoms with Gasteiger partial charge < -0.3 is 57.7 Å². The van der Waals surface area contributed by atoms with Gasteiger partial charge in [-0.2, -0.15) is 10.5 Å². The van der Waals surface area contributed by atoms with E-state index in [0.29, 0.717) is 86.7 Å². The number of aromatic nitrogens is 2.